The van der Waals surface area contributed by atoms with Crippen LogP contribution in [0.3, 0.4) is 0 Å². The highest BCUT2D eigenvalue weighted by Gasteiger charge is 2.01. The van der Waals surface area contributed by atoms with E-state index in [1.807, 2.05) is 0 Å². The van der Waals surface area contributed by atoms with Crippen LogP contribution in [0.5, 0.6) is 0 Å². The first-order valence-electron chi connectivity index (χ1n) is 4.50. The highest BCUT2D eigenvalue weighted by atomic mass is 32.2. The molecule has 0 bridgehead atoms. The second-order valence-electron chi connectivity index (χ2n) is 2.75. The van der Waals surface area contributed by atoms with Crippen LogP contribution >= 0.6 is 11.8 Å². The molecule has 0 heterocycles. The Hall–Kier alpha value is -0.770. The van der Waals surface area contributed by atoms with E-state index in [0.717, 1.165) is 24.1 Å². The summed E-state index contributed by atoms with van der Waals surface area (Å²) in [7, 11) is 0. The molecule has 1 N–H and O–H groups in total. The fourth-order valence-electron chi connectivity index (χ4n) is 1.02. The molecule has 1 nitrogen and oxygen atoms in total. The maximum Gasteiger partial charge on any atom is 0.160 e. The predicted molar refractivity (Wildman–Crippen MR) is 57.8 cm³/mol. The van der Waals surface area contributed by atoms with Gasteiger partial charge in [-0.1, -0.05) is 6.92 Å². The van der Waals surface area contributed by atoms with Gasteiger partial charge in [0.2, 0.25) is 0 Å². The minimum absolute atomic E-state index is 0.626. The van der Waals surface area contributed by atoms with Crippen LogP contribution in [0.2, 0.25) is 0 Å². The monoisotopic (exact) mass is 217 g/mol. The van der Waals surface area contributed by atoms with Crippen molar-refractivity contribution in [2.24, 2.45) is 0 Å². The smallest absolute Gasteiger partial charge is 0.160 e. The number of halogens is 2. The zero-order valence-electron chi connectivity index (χ0n) is 8.02. The number of nitrogens with one attached hydrogen (secondary N) is 1. The normalized spacial score (nSPS) is 10.2. The Kier molecular flexibility index (Phi) is 4.73. The van der Waals surface area contributed by atoms with Gasteiger partial charge in [0.25, 0.3) is 0 Å². The lowest BCUT2D eigenvalue weighted by Gasteiger charge is -2.05. The number of anilines is 1. The molecule has 0 aliphatic heterocycles. The zero-order valence-corrected chi connectivity index (χ0v) is 8.83. The lowest BCUT2D eigenvalue weighted by atomic mass is 10.3. The molecule has 1 aromatic rings. The summed E-state index contributed by atoms with van der Waals surface area (Å²) in [5.74, 6) is 0.422. The van der Waals surface area contributed by atoms with Crippen molar-refractivity contribution in [2.75, 3.05) is 23.4 Å². The molecule has 0 aromatic heterocycles. The Balaban J connectivity index is 2.39. The number of hydrogen-bond acceptors (Lipinski definition) is 2. The Morgan fingerprint density at radius 2 is 2.07 bits per heavy atom. The van der Waals surface area contributed by atoms with Crippen molar-refractivity contribution >= 4 is 17.4 Å². The van der Waals surface area contributed by atoms with Gasteiger partial charge in [0.1, 0.15) is 0 Å². The van der Waals surface area contributed by atoms with Gasteiger partial charge >= 0.3 is 0 Å². The quantitative estimate of drug-likeness (QED) is 0.760. The molecule has 0 amide bonds. The second kappa shape index (κ2) is 5.86. The minimum Gasteiger partial charge on any atom is -0.384 e. The topological polar surface area (TPSA) is 12.0 Å². The summed E-state index contributed by atoms with van der Waals surface area (Å²) < 4.78 is 25.3. The molecule has 78 valence electrons. The third kappa shape index (κ3) is 3.54. The lowest BCUT2D eigenvalue weighted by molar-refractivity contribution is 0.509. The summed E-state index contributed by atoms with van der Waals surface area (Å²) in [5, 5.41) is 3.02. The van der Waals surface area contributed by atoms with Crippen LogP contribution < -0.4 is 5.32 Å². The molecule has 0 unspecified atom stereocenters. The largest absolute Gasteiger partial charge is 0.384 e. The summed E-state index contributed by atoms with van der Waals surface area (Å²) in [5.41, 5.74) is 0.626. The van der Waals surface area contributed by atoms with Gasteiger partial charge in [0.15, 0.2) is 11.6 Å². The van der Waals surface area contributed by atoms with E-state index >= 15 is 0 Å². The maximum atomic E-state index is 12.7. The van der Waals surface area contributed by atoms with Gasteiger partial charge in [0.05, 0.1) is 0 Å². The average Bonchev–Trinajstić information content (AvgIpc) is 2.18. The first-order valence-corrected chi connectivity index (χ1v) is 5.66. The average molecular weight is 217 g/mol. The van der Waals surface area contributed by atoms with Gasteiger partial charge in [-0.15, -0.1) is 0 Å². The summed E-state index contributed by atoms with van der Waals surface area (Å²) in [6.07, 6.45) is 0. The second-order valence-corrected chi connectivity index (χ2v) is 4.15. The molecule has 0 spiro atoms. The van der Waals surface area contributed by atoms with Gasteiger partial charge in [-0.25, -0.2) is 8.78 Å². The van der Waals surface area contributed by atoms with E-state index in [1.165, 1.54) is 12.1 Å². The van der Waals surface area contributed by atoms with Crippen LogP contribution in [0.25, 0.3) is 0 Å². The van der Waals surface area contributed by atoms with Crippen LogP contribution in [-0.4, -0.2) is 18.1 Å². The number of hydrogen-bond donors (Lipinski definition) is 1. The standard InChI is InChI=1S/C10H13F2NS/c1-2-14-6-5-13-8-3-4-9(11)10(12)7-8/h3-4,7,13H,2,5-6H2,1H3. The first kappa shape index (κ1) is 11.3. The number of benzene rings is 1. The molecule has 0 atom stereocenters. The molecule has 1 aromatic carbocycles. The van der Waals surface area contributed by atoms with Gasteiger partial charge in [-0.05, 0) is 24.0 Å². The van der Waals surface area contributed by atoms with Crippen molar-refractivity contribution in [1.82, 2.24) is 0 Å². The van der Waals surface area contributed by atoms with Crippen LogP contribution in [0.4, 0.5) is 14.5 Å². The van der Waals surface area contributed by atoms with Crippen LogP contribution in [-0.2, 0) is 0 Å². The van der Waals surface area contributed by atoms with Crippen molar-refractivity contribution in [3.8, 4) is 0 Å². The van der Waals surface area contributed by atoms with E-state index in [9.17, 15) is 8.78 Å². The molecule has 0 fully saturated rings. The van der Waals surface area contributed by atoms with Gasteiger partial charge in [-0.2, -0.15) is 11.8 Å². The third-order valence-electron chi connectivity index (χ3n) is 1.70. The van der Waals surface area contributed by atoms with Gasteiger partial charge in [0, 0.05) is 18.0 Å². The number of rotatable bonds is 5. The van der Waals surface area contributed by atoms with Crippen molar-refractivity contribution < 1.29 is 8.78 Å². The van der Waals surface area contributed by atoms with E-state index in [-0.39, 0.29) is 0 Å². The van der Waals surface area contributed by atoms with Crippen molar-refractivity contribution in [2.45, 2.75) is 6.92 Å². The zero-order chi connectivity index (χ0) is 10.4. The predicted octanol–water partition coefficient (Wildman–Crippen LogP) is 3.13. The Bertz CT molecular complexity index is 291. The van der Waals surface area contributed by atoms with Gasteiger partial charge in [-0.3, -0.25) is 0 Å². The molecular weight excluding hydrogens is 204 g/mol. The van der Waals surface area contributed by atoms with Crippen molar-refractivity contribution in [3.63, 3.8) is 0 Å². The third-order valence-corrected chi connectivity index (χ3v) is 2.60. The minimum atomic E-state index is -0.807. The lowest BCUT2D eigenvalue weighted by Crippen LogP contribution is -2.04. The molecular formula is C10H13F2NS. The summed E-state index contributed by atoms with van der Waals surface area (Å²) in [6.45, 7) is 2.85. The summed E-state index contributed by atoms with van der Waals surface area (Å²) >= 11 is 1.80. The molecule has 0 aliphatic carbocycles. The Morgan fingerprint density at radius 1 is 1.29 bits per heavy atom. The highest BCUT2D eigenvalue weighted by Crippen LogP contribution is 2.12. The molecule has 0 saturated carbocycles. The maximum absolute atomic E-state index is 12.7. The summed E-state index contributed by atoms with van der Waals surface area (Å²) in [4.78, 5) is 0. The van der Waals surface area contributed by atoms with Crippen molar-refractivity contribution in [1.29, 1.82) is 0 Å². The SMILES string of the molecule is CCSCCNc1ccc(F)c(F)c1. The van der Waals surface area contributed by atoms with Crippen molar-refractivity contribution in [3.05, 3.63) is 29.8 Å². The van der Waals surface area contributed by atoms with E-state index in [1.54, 1.807) is 11.8 Å². The number of thioether (sulfide) groups is 1. The Labute approximate surface area is 86.9 Å². The van der Waals surface area contributed by atoms with E-state index < -0.39 is 11.6 Å². The fourth-order valence-corrected chi connectivity index (χ4v) is 1.55. The van der Waals surface area contributed by atoms with Crippen LogP contribution in [0.15, 0.2) is 18.2 Å². The molecule has 0 saturated heterocycles. The molecule has 4 heteroatoms. The van der Waals surface area contributed by atoms with Crippen LogP contribution in [0, 0.1) is 11.6 Å². The highest BCUT2D eigenvalue weighted by molar-refractivity contribution is 7.99. The first-order chi connectivity index (χ1) is 6.74. The van der Waals surface area contributed by atoms with Gasteiger partial charge < -0.3 is 5.32 Å². The molecule has 0 radical (unpaired) electrons. The molecule has 0 aliphatic rings. The fraction of sp³-hybridized carbons (Fsp3) is 0.400. The van der Waals surface area contributed by atoms with Crippen LogP contribution in [0.1, 0.15) is 6.92 Å². The molecule has 14 heavy (non-hydrogen) atoms. The molecule has 1 rings (SSSR count). The van der Waals surface area contributed by atoms with E-state index in [4.69, 9.17) is 0 Å². The summed E-state index contributed by atoms with van der Waals surface area (Å²) in [6, 6.07) is 3.84. The van der Waals surface area contributed by atoms with E-state index in [0.29, 0.717) is 5.69 Å². The Morgan fingerprint density at radius 3 is 2.71 bits per heavy atom. The van der Waals surface area contributed by atoms with E-state index in [2.05, 4.69) is 12.2 Å².